The molecule has 0 bridgehead atoms. The van der Waals surface area contributed by atoms with Crippen molar-refractivity contribution in [3.63, 3.8) is 0 Å². The van der Waals surface area contributed by atoms with Gasteiger partial charge in [0.05, 0.1) is 30.8 Å². The van der Waals surface area contributed by atoms with E-state index in [0.29, 0.717) is 24.5 Å². The molecular weight excluding hydrogens is 308 g/mol. The first-order valence-electron chi connectivity index (χ1n) is 9.19. The Morgan fingerprint density at radius 3 is 2.87 bits per heavy atom. The third-order valence-corrected chi connectivity index (χ3v) is 5.94. The van der Waals surface area contributed by atoms with Gasteiger partial charge in [-0.3, -0.25) is 0 Å². The van der Waals surface area contributed by atoms with Gasteiger partial charge in [0.1, 0.15) is 0 Å². The van der Waals surface area contributed by atoms with Crippen LogP contribution in [0.3, 0.4) is 0 Å². The van der Waals surface area contributed by atoms with Gasteiger partial charge in [0.2, 0.25) is 0 Å². The molecule has 1 aromatic rings. The summed E-state index contributed by atoms with van der Waals surface area (Å²) in [6.45, 7) is 3.79. The number of benzene rings is 1. The highest BCUT2D eigenvalue weighted by Crippen LogP contribution is 2.45. The monoisotopic (exact) mass is 336 g/mol. The smallest absolute Gasteiger partial charge is 0.0746 e. The second-order valence-corrected chi connectivity index (χ2v) is 7.67. The number of rotatable bonds is 8. The normalized spacial score (nSPS) is 31.2. The molecule has 0 amide bonds. The van der Waals surface area contributed by atoms with Gasteiger partial charge in [-0.2, -0.15) is 0 Å². The van der Waals surface area contributed by atoms with Crippen molar-refractivity contribution in [3.05, 3.63) is 35.9 Å². The minimum Gasteiger partial charge on any atom is -0.376 e. The molecule has 1 aliphatic heterocycles. The highest BCUT2D eigenvalue weighted by molar-refractivity contribution is 6.21. The summed E-state index contributed by atoms with van der Waals surface area (Å²) in [6.07, 6.45) is 7.71. The van der Waals surface area contributed by atoms with Crippen molar-refractivity contribution in [1.82, 2.24) is 0 Å². The fraction of sp³-hybridized carbons (Fsp3) is 0.700. The summed E-state index contributed by atoms with van der Waals surface area (Å²) in [5.41, 5.74) is 1.25. The quantitative estimate of drug-likeness (QED) is 0.608. The van der Waals surface area contributed by atoms with Gasteiger partial charge in [0, 0.05) is 0 Å². The van der Waals surface area contributed by atoms with Crippen LogP contribution in [0.25, 0.3) is 0 Å². The fourth-order valence-electron chi connectivity index (χ4n) is 4.10. The zero-order valence-electron chi connectivity index (χ0n) is 14.1. The summed E-state index contributed by atoms with van der Waals surface area (Å²) in [6, 6.07) is 10.4. The van der Waals surface area contributed by atoms with E-state index < -0.39 is 0 Å². The summed E-state index contributed by atoms with van der Waals surface area (Å²) in [5.74, 6) is 1.29. The molecule has 5 atom stereocenters. The van der Waals surface area contributed by atoms with Gasteiger partial charge in [0.25, 0.3) is 0 Å². The van der Waals surface area contributed by atoms with E-state index in [-0.39, 0.29) is 11.5 Å². The Balaban J connectivity index is 1.44. The summed E-state index contributed by atoms with van der Waals surface area (Å²) < 4.78 is 12.2. The molecule has 1 heterocycles. The topological polar surface area (TPSA) is 18.5 Å². The van der Waals surface area contributed by atoms with Crippen LogP contribution in [-0.2, 0) is 16.1 Å². The van der Waals surface area contributed by atoms with Crippen molar-refractivity contribution in [1.29, 1.82) is 0 Å². The summed E-state index contributed by atoms with van der Waals surface area (Å²) in [5, 5.41) is 0.187. The van der Waals surface area contributed by atoms with Crippen molar-refractivity contribution >= 4 is 11.6 Å². The van der Waals surface area contributed by atoms with Crippen LogP contribution in [0.15, 0.2) is 30.3 Å². The third kappa shape index (κ3) is 4.49. The lowest BCUT2D eigenvalue weighted by Gasteiger charge is -2.19. The lowest BCUT2D eigenvalue weighted by Crippen LogP contribution is -2.22. The zero-order chi connectivity index (χ0) is 16.1. The lowest BCUT2D eigenvalue weighted by molar-refractivity contribution is 0.0338. The van der Waals surface area contributed by atoms with Crippen LogP contribution >= 0.6 is 11.6 Å². The Kier molecular flexibility index (Phi) is 6.38. The maximum atomic E-state index is 6.55. The predicted molar refractivity (Wildman–Crippen MR) is 94.8 cm³/mol. The molecule has 1 aliphatic carbocycles. The van der Waals surface area contributed by atoms with Gasteiger partial charge in [-0.25, -0.2) is 0 Å². The van der Waals surface area contributed by atoms with E-state index in [0.717, 1.165) is 19.4 Å². The third-order valence-electron chi connectivity index (χ3n) is 5.44. The van der Waals surface area contributed by atoms with Gasteiger partial charge in [-0.05, 0) is 43.1 Å². The van der Waals surface area contributed by atoms with Crippen molar-refractivity contribution in [3.8, 4) is 0 Å². The molecule has 2 aliphatic rings. The predicted octanol–water partition coefficient (Wildman–Crippen LogP) is 5.18. The molecule has 2 fully saturated rings. The van der Waals surface area contributed by atoms with Gasteiger partial charge >= 0.3 is 0 Å². The SMILES string of the molecule is CCCCC(Cl)C1CC2C(COCc3ccccc3)CCC2O1. The van der Waals surface area contributed by atoms with E-state index in [1.54, 1.807) is 0 Å². The summed E-state index contributed by atoms with van der Waals surface area (Å²) in [4.78, 5) is 0. The highest BCUT2D eigenvalue weighted by atomic mass is 35.5. The highest BCUT2D eigenvalue weighted by Gasteiger charge is 2.45. The second-order valence-electron chi connectivity index (χ2n) is 7.11. The van der Waals surface area contributed by atoms with Crippen molar-refractivity contribution in [2.45, 2.75) is 69.6 Å². The van der Waals surface area contributed by atoms with Crippen LogP contribution in [0, 0.1) is 11.8 Å². The van der Waals surface area contributed by atoms with Crippen LogP contribution in [0.2, 0.25) is 0 Å². The number of halogens is 1. The van der Waals surface area contributed by atoms with Crippen molar-refractivity contribution in [2.75, 3.05) is 6.61 Å². The molecule has 1 aromatic carbocycles. The van der Waals surface area contributed by atoms with Crippen LogP contribution < -0.4 is 0 Å². The first-order chi connectivity index (χ1) is 11.3. The number of alkyl halides is 1. The Hall–Kier alpha value is -0.570. The van der Waals surface area contributed by atoms with Gasteiger partial charge < -0.3 is 9.47 Å². The number of ether oxygens (including phenoxy) is 2. The van der Waals surface area contributed by atoms with E-state index in [9.17, 15) is 0 Å². The van der Waals surface area contributed by atoms with E-state index in [4.69, 9.17) is 21.1 Å². The Labute approximate surface area is 145 Å². The molecule has 1 saturated heterocycles. The molecule has 0 N–H and O–H groups in total. The molecular formula is C20H29ClO2. The average Bonchev–Trinajstić information content (AvgIpc) is 3.15. The second kappa shape index (κ2) is 8.50. The minimum absolute atomic E-state index is 0.187. The maximum Gasteiger partial charge on any atom is 0.0746 e. The number of hydrogen-bond donors (Lipinski definition) is 0. The van der Waals surface area contributed by atoms with E-state index in [2.05, 4.69) is 31.2 Å². The first-order valence-corrected chi connectivity index (χ1v) is 9.62. The van der Waals surface area contributed by atoms with Gasteiger partial charge in [0.15, 0.2) is 0 Å². The molecule has 128 valence electrons. The molecule has 23 heavy (non-hydrogen) atoms. The average molecular weight is 337 g/mol. The van der Waals surface area contributed by atoms with E-state index in [1.807, 2.05) is 6.07 Å². The largest absolute Gasteiger partial charge is 0.376 e. The fourth-order valence-corrected chi connectivity index (χ4v) is 4.42. The van der Waals surface area contributed by atoms with E-state index >= 15 is 0 Å². The van der Waals surface area contributed by atoms with Gasteiger partial charge in [-0.1, -0.05) is 50.1 Å². The summed E-state index contributed by atoms with van der Waals surface area (Å²) in [7, 11) is 0. The number of hydrogen-bond acceptors (Lipinski definition) is 2. The van der Waals surface area contributed by atoms with Crippen LogP contribution in [-0.4, -0.2) is 24.2 Å². The zero-order valence-corrected chi connectivity index (χ0v) is 14.9. The molecule has 5 unspecified atom stereocenters. The Morgan fingerprint density at radius 2 is 2.09 bits per heavy atom. The molecule has 1 saturated carbocycles. The molecule has 0 spiro atoms. The van der Waals surface area contributed by atoms with Crippen LogP contribution in [0.4, 0.5) is 0 Å². The molecule has 3 rings (SSSR count). The number of fused-ring (bicyclic) bond motifs is 1. The first kappa shape index (κ1) is 17.3. The van der Waals surface area contributed by atoms with Crippen molar-refractivity contribution < 1.29 is 9.47 Å². The number of unbranched alkanes of at least 4 members (excludes halogenated alkanes) is 1. The lowest BCUT2D eigenvalue weighted by atomic mass is 9.91. The minimum atomic E-state index is 0.187. The Bertz CT molecular complexity index is 464. The Morgan fingerprint density at radius 1 is 1.26 bits per heavy atom. The van der Waals surface area contributed by atoms with Gasteiger partial charge in [-0.15, -0.1) is 11.6 Å². The molecule has 2 nitrogen and oxygen atoms in total. The van der Waals surface area contributed by atoms with Crippen LogP contribution in [0.5, 0.6) is 0 Å². The molecule has 0 aromatic heterocycles. The molecule has 3 heteroatoms. The van der Waals surface area contributed by atoms with Crippen LogP contribution in [0.1, 0.15) is 51.0 Å². The standard InChI is InChI=1S/C20H29ClO2/c1-2-3-9-18(21)20-12-17-16(10-11-19(17)23-20)14-22-13-15-7-5-4-6-8-15/h4-8,16-20H,2-3,9-14H2,1H3. The molecule has 0 radical (unpaired) electrons. The summed E-state index contributed by atoms with van der Waals surface area (Å²) >= 11 is 6.55. The van der Waals surface area contributed by atoms with E-state index in [1.165, 1.54) is 31.2 Å². The van der Waals surface area contributed by atoms with Crippen molar-refractivity contribution in [2.24, 2.45) is 11.8 Å². The maximum absolute atomic E-state index is 6.55.